The molecule has 0 saturated carbocycles. The summed E-state index contributed by atoms with van der Waals surface area (Å²) in [6.07, 6.45) is 1.69. The molecule has 1 aromatic heterocycles. The van der Waals surface area contributed by atoms with E-state index in [9.17, 15) is 4.79 Å². The highest BCUT2D eigenvalue weighted by atomic mass is 16.4. The van der Waals surface area contributed by atoms with Crippen LogP contribution in [0.3, 0.4) is 0 Å². The van der Waals surface area contributed by atoms with Crippen molar-refractivity contribution in [3.05, 3.63) is 35.1 Å². The van der Waals surface area contributed by atoms with Crippen molar-refractivity contribution >= 4 is 16.9 Å². The Morgan fingerprint density at radius 2 is 2.20 bits per heavy atom. The lowest BCUT2D eigenvalue weighted by Gasteiger charge is -2.08. The number of rotatable bonds is 2. The lowest BCUT2D eigenvalue weighted by atomic mass is 9.97. The Kier molecular flexibility index (Phi) is 2.23. The average Bonchev–Trinajstić information content (AvgIpc) is 2.59. The Balaban J connectivity index is 2.66. The zero-order valence-electron chi connectivity index (χ0n) is 8.70. The van der Waals surface area contributed by atoms with Crippen LogP contribution in [0.2, 0.25) is 0 Å². The quantitative estimate of drug-likeness (QED) is 0.818. The van der Waals surface area contributed by atoms with Crippen molar-refractivity contribution in [1.29, 1.82) is 0 Å². The Morgan fingerprint density at radius 3 is 2.87 bits per heavy atom. The van der Waals surface area contributed by atoms with Crippen LogP contribution in [0.15, 0.2) is 22.8 Å². The molecule has 0 atom stereocenters. The number of carboxylic acid groups (broad SMARTS) is 1. The summed E-state index contributed by atoms with van der Waals surface area (Å²) < 4.78 is 5.29. The standard InChI is InChI=1S/C12H12O3/c1-7-5-11-9(3-4-15-11)8(2)10(7)6-12(13)14/h3-5H,6H2,1-2H3,(H,13,14). The highest BCUT2D eigenvalue weighted by Gasteiger charge is 2.12. The van der Waals surface area contributed by atoms with Gasteiger partial charge in [-0.3, -0.25) is 4.79 Å². The van der Waals surface area contributed by atoms with Gasteiger partial charge in [0.1, 0.15) is 5.58 Å². The van der Waals surface area contributed by atoms with Crippen LogP contribution in [-0.2, 0) is 11.2 Å². The molecule has 1 N–H and O–H groups in total. The van der Waals surface area contributed by atoms with Gasteiger partial charge in [0, 0.05) is 5.39 Å². The zero-order chi connectivity index (χ0) is 11.0. The molecule has 2 rings (SSSR count). The molecule has 0 aliphatic carbocycles. The zero-order valence-corrected chi connectivity index (χ0v) is 8.70. The molecule has 0 fully saturated rings. The van der Waals surface area contributed by atoms with Gasteiger partial charge in [0.2, 0.25) is 0 Å². The number of furan rings is 1. The van der Waals surface area contributed by atoms with Gasteiger partial charge in [-0.15, -0.1) is 0 Å². The van der Waals surface area contributed by atoms with Crippen molar-refractivity contribution < 1.29 is 14.3 Å². The predicted molar refractivity (Wildman–Crippen MR) is 57.0 cm³/mol. The highest BCUT2D eigenvalue weighted by molar-refractivity contribution is 5.85. The van der Waals surface area contributed by atoms with Gasteiger partial charge in [-0.25, -0.2) is 0 Å². The molecule has 15 heavy (non-hydrogen) atoms. The number of hydrogen-bond acceptors (Lipinski definition) is 2. The molecule has 0 radical (unpaired) electrons. The maximum Gasteiger partial charge on any atom is 0.307 e. The summed E-state index contributed by atoms with van der Waals surface area (Å²) in [5, 5.41) is 9.81. The third-order valence-corrected chi connectivity index (χ3v) is 2.70. The topological polar surface area (TPSA) is 50.4 Å². The first-order chi connectivity index (χ1) is 7.09. The summed E-state index contributed by atoms with van der Waals surface area (Å²) in [4.78, 5) is 10.7. The van der Waals surface area contributed by atoms with Crippen LogP contribution in [-0.4, -0.2) is 11.1 Å². The van der Waals surface area contributed by atoms with Gasteiger partial charge in [0.05, 0.1) is 12.7 Å². The second-order valence-electron chi connectivity index (χ2n) is 3.70. The highest BCUT2D eigenvalue weighted by Crippen LogP contribution is 2.26. The minimum atomic E-state index is -0.802. The molecule has 2 aromatic rings. The van der Waals surface area contributed by atoms with Gasteiger partial charge in [-0.05, 0) is 42.7 Å². The fraction of sp³-hybridized carbons (Fsp3) is 0.250. The van der Waals surface area contributed by atoms with Crippen LogP contribution in [0.5, 0.6) is 0 Å². The lowest BCUT2D eigenvalue weighted by Crippen LogP contribution is -2.04. The second-order valence-corrected chi connectivity index (χ2v) is 3.70. The lowest BCUT2D eigenvalue weighted by molar-refractivity contribution is -0.136. The molecule has 0 unspecified atom stereocenters. The van der Waals surface area contributed by atoms with E-state index in [4.69, 9.17) is 9.52 Å². The van der Waals surface area contributed by atoms with Gasteiger partial charge in [-0.2, -0.15) is 0 Å². The Bertz CT molecular complexity index is 523. The Morgan fingerprint density at radius 1 is 1.47 bits per heavy atom. The van der Waals surface area contributed by atoms with Crippen molar-refractivity contribution in [2.24, 2.45) is 0 Å². The number of carbonyl (C=O) groups is 1. The molecular formula is C12H12O3. The van der Waals surface area contributed by atoms with E-state index in [0.29, 0.717) is 0 Å². The molecule has 0 amide bonds. The summed E-state index contributed by atoms with van der Waals surface area (Å²) in [5.74, 6) is -0.802. The van der Waals surface area contributed by atoms with Gasteiger partial charge in [0.15, 0.2) is 0 Å². The van der Waals surface area contributed by atoms with E-state index in [1.165, 1.54) is 0 Å². The monoisotopic (exact) mass is 204 g/mol. The van der Waals surface area contributed by atoms with Crippen LogP contribution >= 0.6 is 0 Å². The number of benzene rings is 1. The van der Waals surface area contributed by atoms with Crippen LogP contribution in [0.1, 0.15) is 16.7 Å². The molecule has 3 nitrogen and oxygen atoms in total. The van der Waals surface area contributed by atoms with Crippen molar-refractivity contribution in [3.63, 3.8) is 0 Å². The molecule has 1 heterocycles. The van der Waals surface area contributed by atoms with Crippen molar-refractivity contribution in [3.8, 4) is 0 Å². The summed E-state index contributed by atoms with van der Waals surface area (Å²) in [5.41, 5.74) is 3.68. The first kappa shape index (κ1) is 9.77. The maximum atomic E-state index is 10.7. The van der Waals surface area contributed by atoms with E-state index >= 15 is 0 Å². The van der Waals surface area contributed by atoms with Crippen LogP contribution in [0, 0.1) is 13.8 Å². The SMILES string of the molecule is Cc1cc2occc2c(C)c1CC(=O)O. The first-order valence-corrected chi connectivity index (χ1v) is 4.77. The summed E-state index contributed by atoms with van der Waals surface area (Å²) in [7, 11) is 0. The van der Waals surface area contributed by atoms with Crippen LogP contribution in [0.4, 0.5) is 0 Å². The third-order valence-electron chi connectivity index (χ3n) is 2.70. The van der Waals surface area contributed by atoms with E-state index in [2.05, 4.69) is 0 Å². The smallest absolute Gasteiger partial charge is 0.307 e. The molecule has 0 aliphatic rings. The van der Waals surface area contributed by atoms with E-state index < -0.39 is 5.97 Å². The largest absolute Gasteiger partial charge is 0.481 e. The van der Waals surface area contributed by atoms with Gasteiger partial charge < -0.3 is 9.52 Å². The normalized spacial score (nSPS) is 10.8. The third kappa shape index (κ3) is 1.61. The summed E-state index contributed by atoms with van der Waals surface area (Å²) >= 11 is 0. The maximum absolute atomic E-state index is 10.7. The first-order valence-electron chi connectivity index (χ1n) is 4.77. The number of carboxylic acids is 1. The predicted octanol–water partition coefficient (Wildman–Crippen LogP) is 2.68. The number of aliphatic carboxylic acids is 1. The van der Waals surface area contributed by atoms with E-state index in [1.807, 2.05) is 26.0 Å². The van der Waals surface area contributed by atoms with Gasteiger partial charge in [-0.1, -0.05) is 0 Å². The average molecular weight is 204 g/mol. The fourth-order valence-electron chi connectivity index (χ4n) is 1.91. The second kappa shape index (κ2) is 3.42. The molecule has 0 spiro atoms. The molecule has 0 saturated heterocycles. The summed E-state index contributed by atoms with van der Waals surface area (Å²) in [6.45, 7) is 3.84. The molecule has 1 aromatic carbocycles. The fourth-order valence-corrected chi connectivity index (χ4v) is 1.91. The Labute approximate surface area is 87.3 Å². The van der Waals surface area contributed by atoms with Crippen LogP contribution < -0.4 is 0 Å². The van der Waals surface area contributed by atoms with Crippen molar-refractivity contribution in [1.82, 2.24) is 0 Å². The molecule has 78 valence electrons. The van der Waals surface area contributed by atoms with E-state index in [1.54, 1.807) is 6.26 Å². The number of hydrogen-bond donors (Lipinski definition) is 1. The number of fused-ring (bicyclic) bond motifs is 1. The minimum Gasteiger partial charge on any atom is -0.481 e. The van der Waals surface area contributed by atoms with Crippen molar-refractivity contribution in [2.45, 2.75) is 20.3 Å². The minimum absolute atomic E-state index is 0.0682. The molecule has 0 bridgehead atoms. The van der Waals surface area contributed by atoms with E-state index in [-0.39, 0.29) is 6.42 Å². The molecule has 3 heteroatoms. The molecular weight excluding hydrogens is 192 g/mol. The van der Waals surface area contributed by atoms with Gasteiger partial charge >= 0.3 is 5.97 Å². The summed E-state index contributed by atoms with van der Waals surface area (Å²) in [6, 6.07) is 3.76. The molecule has 0 aliphatic heterocycles. The van der Waals surface area contributed by atoms with Crippen molar-refractivity contribution in [2.75, 3.05) is 0 Å². The van der Waals surface area contributed by atoms with Gasteiger partial charge in [0.25, 0.3) is 0 Å². The van der Waals surface area contributed by atoms with Crippen LogP contribution in [0.25, 0.3) is 11.0 Å². The Hall–Kier alpha value is -1.77. The van der Waals surface area contributed by atoms with E-state index in [0.717, 1.165) is 27.7 Å². The number of aryl methyl sites for hydroxylation is 2.